The maximum atomic E-state index is 13.5. The van der Waals surface area contributed by atoms with E-state index in [1.807, 2.05) is 0 Å². The highest BCUT2D eigenvalue weighted by Crippen LogP contribution is 2.61. The van der Waals surface area contributed by atoms with E-state index < -0.39 is 44.2 Å². The van der Waals surface area contributed by atoms with Crippen molar-refractivity contribution in [1.82, 2.24) is 0 Å². The Hall–Kier alpha value is -0.123. The standard InChI is InChI=1S/C8H10ClF9Si/c1-3-4(2,19-9)5(10,11)6(12,13)7(14,15)8(16,17)18/h3,19H2,1-2H3. The van der Waals surface area contributed by atoms with Crippen molar-refractivity contribution in [3.63, 3.8) is 0 Å². The average molecular weight is 341 g/mol. The van der Waals surface area contributed by atoms with E-state index in [4.69, 9.17) is 11.1 Å². The molecule has 19 heavy (non-hydrogen) atoms. The molecule has 0 radical (unpaired) electrons. The van der Waals surface area contributed by atoms with E-state index in [1.165, 1.54) is 0 Å². The Kier molecular flexibility index (Phi) is 4.98. The molecular weight excluding hydrogens is 331 g/mol. The first kappa shape index (κ1) is 18.9. The van der Waals surface area contributed by atoms with E-state index in [0.29, 0.717) is 6.92 Å². The second kappa shape index (κ2) is 5.01. The zero-order chi connectivity index (χ0) is 15.9. The monoisotopic (exact) mass is 340 g/mol. The Bertz CT molecular complexity index is 321. The Balaban J connectivity index is 5.90. The molecule has 0 N–H and O–H groups in total. The maximum Gasteiger partial charge on any atom is 0.460 e. The maximum absolute atomic E-state index is 13.5. The quantitative estimate of drug-likeness (QED) is 0.396. The van der Waals surface area contributed by atoms with E-state index in [1.54, 1.807) is 0 Å². The predicted molar refractivity (Wildman–Crippen MR) is 54.0 cm³/mol. The lowest BCUT2D eigenvalue weighted by molar-refractivity contribution is -0.400. The molecule has 116 valence electrons. The van der Waals surface area contributed by atoms with Crippen molar-refractivity contribution in [1.29, 1.82) is 0 Å². The smallest absolute Gasteiger partial charge is 0.199 e. The summed E-state index contributed by atoms with van der Waals surface area (Å²) >= 11 is 5.16. The molecule has 0 saturated heterocycles. The Morgan fingerprint density at radius 3 is 1.37 bits per heavy atom. The van der Waals surface area contributed by atoms with Crippen LogP contribution in [-0.4, -0.2) is 32.8 Å². The topological polar surface area (TPSA) is 0 Å². The first-order chi connectivity index (χ1) is 8.12. The summed E-state index contributed by atoms with van der Waals surface area (Å²) in [4.78, 5) is 0. The summed E-state index contributed by atoms with van der Waals surface area (Å²) in [6, 6.07) is 0. The van der Waals surface area contributed by atoms with Crippen molar-refractivity contribution < 1.29 is 39.5 Å². The van der Waals surface area contributed by atoms with Gasteiger partial charge in [-0.25, -0.2) is 0 Å². The molecule has 1 atom stereocenters. The molecule has 0 rings (SSSR count). The number of halogens is 10. The van der Waals surface area contributed by atoms with E-state index >= 15 is 0 Å². The SMILES string of the molecule is CCC(C)([SiH2]Cl)C(F)(F)C(F)(F)C(F)(F)C(F)(F)F. The summed E-state index contributed by atoms with van der Waals surface area (Å²) in [5.41, 5.74) is 0. The van der Waals surface area contributed by atoms with Crippen molar-refractivity contribution in [3.05, 3.63) is 0 Å². The Morgan fingerprint density at radius 2 is 1.16 bits per heavy atom. The molecule has 0 aromatic rings. The molecule has 0 fully saturated rings. The summed E-state index contributed by atoms with van der Waals surface area (Å²) in [6.07, 6.45) is -7.54. The molecule has 0 aliphatic heterocycles. The minimum Gasteiger partial charge on any atom is -0.199 e. The molecule has 0 aliphatic carbocycles. The molecule has 1 unspecified atom stereocenters. The normalized spacial score (nSPS) is 18.9. The minimum absolute atomic E-state index is 0.479. The van der Waals surface area contributed by atoms with Crippen LogP contribution in [0.2, 0.25) is 5.04 Å². The van der Waals surface area contributed by atoms with Gasteiger partial charge in [0.05, 0.1) is 0 Å². The van der Waals surface area contributed by atoms with Crippen LogP contribution in [-0.2, 0) is 0 Å². The second-order valence-electron chi connectivity index (χ2n) is 4.27. The fourth-order valence-electron chi connectivity index (χ4n) is 1.15. The van der Waals surface area contributed by atoms with Crippen LogP contribution in [0.25, 0.3) is 0 Å². The third-order valence-corrected chi connectivity index (χ3v) is 6.28. The van der Waals surface area contributed by atoms with Crippen molar-refractivity contribution >= 4 is 19.9 Å². The van der Waals surface area contributed by atoms with Crippen LogP contribution < -0.4 is 0 Å². The molecule has 0 aromatic heterocycles. The van der Waals surface area contributed by atoms with Crippen molar-refractivity contribution in [2.24, 2.45) is 0 Å². The molecule has 0 nitrogen and oxygen atoms in total. The van der Waals surface area contributed by atoms with Crippen LogP contribution >= 0.6 is 11.1 Å². The summed E-state index contributed by atoms with van der Waals surface area (Å²) in [7, 11) is -2.51. The van der Waals surface area contributed by atoms with Gasteiger partial charge in [-0.3, -0.25) is 0 Å². The van der Waals surface area contributed by atoms with Gasteiger partial charge in [0.1, 0.15) is 8.83 Å². The van der Waals surface area contributed by atoms with Crippen LogP contribution in [0.3, 0.4) is 0 Å². The van der Waals surface area contributed by atoms with Crippen molar-refractivity contribution in [2.75, 3.05) is 0 Å². The van der Waals surface area contributed by atoms with Gasteiger partial charge < -0.3 is 0 Å². The molecule has 11 heteroatoms. The lowest BCUT2D eigenvalue weighted by atomic mass is 9.90. The lowest BCUT2D eigenvalue weighted by Crippen LogP contribution is -2.64. The summed E-state index contributed by atoms with van der Waals surface area (Å²) in [5, 5.41) is -2.77. The molecule has 0 spiro atoms. The van der Waals surface area contributed by atoms with Gasteiger partial charge in [0.25, 0.3) is 0 Å². The molecule has 0 aliphatic rings. The molecule has 0 amide bonds. The van der Waals surface area contributed by atoms with Gasteiger partial charge >= 0.3 is 23.9 Å². The highest BCUT2D eigenvalue weighted by atomic mass is 35.6. The predicted octanol–water partition coefficient (Wildman–Crippen LogP) is 4.37. The van der Waals surface area contributed by atoms with Gasteiger partial charge in [0.15, 0.2) is 0 Å². The minimum atomic E-state index is -6.85. The van der Waals surface area contributed by atoms with Crippen molar-refractivity contribution in [2.45, 2.75) is 49.3 Å². The zero-order valence-corrected chi connectivity index (χ0v) is 11.9. The highest BCUT2D eigenvalue weighted by molar-refractivity contribution is 6.95. The van der Waals surface area contributed by atoms with Gasteiger partial charge in [-0.1, -0.05) is 13.8 Å². The van der Waals surface area contributed by atoms with E-state index in [0.717, 1.165) is 6.92 Å². The molecular formula is C8H10ClF9Si. The first-order valence-electron chi connectivity index (χ1n) is 4.88. The fraction of sp³-hybridized carbons (Fsp3) is 1.00. The number of alkyl halides is 9. The highest BCUT2D eigenvalue weighted by Gasteiger charge is 2.84. The van der Waals surface area contributed by atoms with Crippen LogP contribution in [0.4, 0.5) is 39.5 Å². The van der Waals surface area contributed by atoms with E-state index in [2.05, 4.69) is 0 Å². The fourth-order valence-corrected chi connectivity index (χ4v) is 2.80. The van der Waals surface area contributed by atoms with Crippen LogP contribution in [0.5, 0.6) is 0 Å². The zero-order valence-electron chi connectivity index (χ0n) is 9.69. The molecule has 0 aromatic carbocycles. The largest absolute Gasteiger partial charge is 0.460 e. The van der Waals surface area contributed by atoms with Gasteiger partial charge in [0, 0.05) is 5.04 Å². The molecule has 0 heterocycles. The average Bonchev–Trinajstić information content (AvgIpc) is 2.25. The second-order valence-corrected chi connectivity index (χ2v) is 6.90. The van der Waals surface area contributed by atoms with E-state index in [-0.39, 0.29) is 0 Å². The summed E-state index contributed by atoms with van der Waals surface area (Å²) < 4.78 is 114. The number of hydrogen-bond acceptors (Lipinski definition) is 0. The first-order valence-corrected chi connectivity index (χ1v) is 7.73. The Labute approximate surface area is 109 Å². The molecule has 0 saturated carbocycles. The summed E-state index contributed by atoms with van der Waals surface area (Å²) in [6.45, 7) is 1.44. The van der Waals surface area contributed by atoms with Crippen LogP contribution in [0, 0.1) is 0 Å². The number of hydrogen-bond donors (Lipinski definition) is 0. The van der Waals surface area contributed by atoms with Crippen molar-refractivity contribution in [3.8, 4) is 0 Å². The van der Waals surface area contributed by atoms with Gasteiger partial charge in [-0.15, -0.1) is 0 Å². The van der Waals surface area contributed by atoms with Gasteiger partial charge in [0.2, 0.25) is 0 Å². The van der Waals surface area contributed by atoms with E-state index in [9.17, 15) is 39.5 Å². The molecule has 0 bridgehead atoms. The Morgan fingerprint density at radius 1 is 0.789 bits per heavy atom. The van der Waals surface area contributed by atoms with Gasteiger partial charge in [-0.05, 0) is 6.42 Å². The third kappa shape index (κ3) is 2.57. The lowest BCUT2D eigenvalue weighted by Gasteiger charge is -2.42. The van der Waals surface area contributed by atoms with Crippen LogP contribution in [0.15, 0.2) is 0 Å². The number of rotatable bonds is 5. The van der Waals surface area contributed by atoms with Gasteiger partial charge in [-0.2, -0.15) is 50.6 Å². The van der Waals surface area contributed by atoms with Crippen LogP contribution in [0.1, 0.15) is 20.3 Å². The summed E-state index contributed by atoms with van der Waals surface area (Å²) in [5.74, 6) is -19.0. The third-order valence-electron chi connectivity index (χ3n) is 2.98.